The summed E-state index contributed by atoms with van der Waals surface area (Å²) in [6, 6.07) is 13.1. The Labute approximate surface area is 148 Å². The highest BCUT2D eigenvalue weighted by Crippen LogP contribution is 2.29. The third-order valence-electron chi connectivity index (χ3n) is 3.88. The topological polar surface area (TPSA) is 56.8 Å². The van der Waals surface area contributed by atoms with Crippen molar-refractivity contribution in [2.24, 2.45) is 0 Å². The Bertz CT molecular complexity index is 697. The van der Waals surface area contributed by atoms with Gasteiger partial charge in [0.25, 0.3) is 0 Å². The molecule has 0 unspecified atom stereocenters. The largest absolute Gasteiger partial charge is 0.494 e. The summed E-state index contributed by atoms with van der Waals surface area (Å²) in [6.45, 7) is 4.51. The second-order valence-electron chi connectivity index (χ2n) is 5.66. The molecule has 1 atom stereocenters. The lowest BCUT2D eigenvalue weighted by molar-refractivity contribution is -0.121. The third kappa shape index (κ3) is 5.14. The van der Waals surface area contributed by atoms with Crippen LogP contribution in [-0.2, 0) is 11.2 Å². The van der Waals surface area contributed by atoms with Crippen LogP contribution < -0.4 is 19.5 Å². The molecule has 0 aliphatic carbocycles. The Morgan fingerprint density at radius 3 is 2.32 bits per heavy atom. The summed E-state index contributed by atoms with van der Waals surface area (Å²) < 4.78 is 16.0. The lowest BCUT2D eigenvalue weighted by Crippen LogP contribution is -2.28. The number of methoxy groups -OCH3 is 2. The standard InChI is InChI=1S/C20H25NO4/c1-5-25-17-9-6-15(7-10-17)12-20(22)21-14(2)16-8-11-18(23-3)19(13-16)24-4/h6-11,13-14H,5,12H2,1-4H3,(H,21,22)/t14-/m0/s1. The van der Waals surface area contributed by atoms with Gasteiger partial charge in [-0.05, 0) is 49.2 Å². The smallest absolute Gasteiger partial charge is 0.224 e. The van der Waals surface area contributed by atoms with Gasteiger partial charge in [0.15, 0.2) is 11.5 Å². The lowest BCUT2D eigenvalue weighted by atomic mass is 10.1. The molecule has 0 aliphatic heterocycles. The van der Waals surface area contributed by atoms with E-state index in [-0.39, 0.29) is 11.9 Å². The Morgan fingerprint density at radius 2 is 1.72 bits per heavy atom. The summed E-state index contributed by atoms with van der Waals surface area (Å²) in [6.07, 6.45) is 0.323. The van der Waals surface area contributed by atoms with E-state index in [0.29, 0.717) is 24.5 Å². The minimum absolute atomic E-state index is 0.0357. The summed E-state index contributed by atoms with van der Waals surface area (Å²) in [7, 11) is 3.19. The van der Waals surface area contributed by atoms with Crippen molar-refractivity contribution in [3.8, 4) is 17.2 Å². The van der Waals surface area contributed by atoms with Gasteiger partial charge < -0.3 is 19.5 Å². The van der Waals surface area contributed by atoms with Crippen LogP contribution in [0, 0.1) is 0 Å². The van der Waals surface area contributed by atoms with Crippen molar-refractivity contribution >= 4 is 5.91 Å². The Hall–Kier alpha value is -2.69. The van der Waals surface area contributed by atoms with Crippen LogP contribution in [0.1, 0.15) is 31.0 Å². The fourth-order valence-corrected chi connectivity index (χ4v) is 2.55. The number of ether oxygens (including phenoxy) is 3. The molecule has 0 fully saturated rings. The third-order valence-corrected chi connectivity index (χ3v) is 3.88. The van der Waals surface area contributed by atoms with Crippen LogP contribution in [0.25, 0.3) is 0 Å². The van der Waals surface area contributed by atoms with Crippen molar-refractivity contribution in [1.82, 2.24) is 5.32 Å². The lowest BCUT2D eigenvalue weighted by Gasteiger charge is -2.16. The van der Waals surface area contributed by atoms with Gasteiger partial charge in [-0.1, -0.05) is 18.2 Å². The molecule has 1 amide bonds. The molecular formula is C20H25NO4. The van der Waals surface area contributed by atoms with E-state index in [1.165, 1.54) is 0 Å². The molecule has 134 valence electrons. The molecule has 0 aliphatic rings. The molecule has 0 heterocycles. The van der Waals surface area contributed by atoms with E-state index in [0.717, 1.165) is 16.9 Å². The monoisotopic (exact) mass is 343 g/mol. The van der Waals surface area contributed by atoms with Gasteiger partial charge in [0, 0.05) is 0 Å². The normalized spacial score (nSPS) is 11.5. The summed E-state index contributed by atoms with van der Waals surface area (Å²) in [5, 5.41) is 3.01. The van der Waals surface area contributed by atoms with Crippen LogP contribution in [0.4, 0.5) is 0 Å². The Kier molecular flexibility index (Phi) is 6.69. The van der Waals surface area contributed by atoms with Gasteiger partial charge in [0.2, 0.25) is 5.91 Å². The van der Waals surface area contributed by atoms with E-state index in [2.05, 4.69) is 5.32 Å². The fraction of sp³-hybridized carbons (Fsp3) is 0.350. The van der Waals surface area contributed by atoms with E-state index < -0.39 is 0 Å². The second kappa shape index (κ2) is 8.97. The van der Waals surface area contributed by atoms with E-state index in [4.69, 9.17) is 14.2 Å². The first-order valence-electron chi connectivity index (χ1n) is 8.30. The van der Waals surface area contributed by atoms with Crippen LogP contribution >= 0.6 is 0 Å². The molecule has 5 nitrogen and oxygen atoms in total. The van der Waals surface area contributed by atoms with Crippen molar-refractivity contribution in [1.29, 1.82) is 0 Å². The predicted octanol–water partition coefficient (Wildman–Crippen LogP) is 3.52. The number of amides is 1. The van der Waals surface area contributed by atoms with Crippen molar-refractivity contribution in [3.05, 3.63) is 53.6 Å². The maximum absolute atomic E-state index is 12.3. The number of hydrogen-bond acceptors (Lipinski definition) is 4. The quantitative estimate of drug-likeness (QED) is 0.797. The molecule has 2 rings (SSSR count). The Balaban J connectivity index is 1.97. The maximum atomic E-state index is 12.3. The average molecular weight is 343 g/mol. The molecule has 5 heteroatoms. The molecule has 0 bridgehead atoms. The van der Waals surface area contributed by atoms with Gasteiger partial charge in [0.05, 0.1) is 33.3 Å². The Morgan fingerprint density at radius 1 is 1.04 bits per heavy atom. The molecule has 0 saturated carbocycles. The molecule has 0 radical (unpaired) electrons. The fourth-order valence-electron chi connectivity index (χ4n) is 2.55. The molecule has 2 aromatic carbocycles. The highest BCUT2D eigenvalue weighted by molar-refractivity contribution is 5.79. The number of carbonyl (C=O) groups excluding carboxylic acids is 1. The number of rotatable bonds is 8. The number of hydrogen-bond donors (Lipinski definition) is 1. The minimum Gasteiger partial charge on any atom is -0.494 e. The first-order chi connectivity index (χ1) is 12.1. The van der Waals surface area contributed by atoms with Gasteiger partial charge in [-0.3, -0.25) is 4.79 Å². The van der Waals surface area contributed by atoms with E-state index in [1.54, 1.807) is 14.2 Å². The van der Waals surface area contributed by atoms with E-state index in [1.807, 2.05) is 56.3 Å². The average Bonchev–Trinajstić information content (AvgIpc) is 2.62. The zero-order valence-electron chi connectivity index (χ0n) is 15.2. The molecular weight excluding hydrogens is 318 g/mol. The number of carbonyl (C=O) groups is 1. The van der Waals surface area contributed by atoms with Crippen molar-refractivity contribution in [2.75, 3.05) is 20.8 Å². The van der Waals surface area contributed by atoms with Gasteiger partial charge in [-0.15, -0.1) is 0 Å². The summed E-state index contributed by atoms with van der Waals surface area (Å²) in [5.74, 6) is 2.09. The second-order valence-corrected chi connectivity index (χ2v) is 5.66. The molecule has 1 N–H and O–H groups in total. The van der Waals surface area contributed by atoms with Crippen LogP contribution in [0.3, 0.4) is 0 Å². The number of benzene rings is 2. The first-order valence-corrected chi connectivity index (χ1v) is 8.30. The zero-order valence-corrected chi connectivity index (χ0v) is 15.2. The van der Waals surface area contributed by atoms with Crippen molar-refractivity contribution in [3.63, 3.8) is 0 Å². The van der Waals surface area contributed by atoms with Crippen LogP contribution in [0.15, 0.2) is 42.5 Å². The van der Waals surface area contributed by atoms with Crippen molar-refractivity contribution < 1.29 is 19.0 Å². The highest BCUT2D eigenvalue weighted by Gasteiger charge is 2.13. The van der Waals surface area contributed by atoms with Gasteiger partial charge in [-0.2, -0.15) is 0 Å². The summed E-state index contributed by atoms with van der Waals surface area (Å²) in [4.78, 5) is 12.3. The van der Waals surface area contributed by atoms with E-state index in [9.17, 15) is 4.79 Å². The number of nitrogens with one attached hydrogen (secondary N) is 1. The first kappa shape index (κ1) is 18.6. The predicted molar refractivity (Wildman–Crippen MR) is 97.4 cm³/mol. The summed E-state index contributed by atoms with van der Waals surface area (Å²) >= 11 is 0. The molecule has 0 spiro atoms. The van der Waals surface area contributed by atoms with Crippen molar-refractivity contribution in [2.45, 2.75) is 26.3 Å². The van der Waals surface area contributed by atoms with Gasteiger partial charge >= 0.3 is 0 Å². The molecule has 2 aromatic rings. The SMILES string of the molecule is CCOc1ccc(CC(=O)N[C@@H](C)c2ccc(OC)c(OC)c2)cc1. The highest BCUT2D eigenvalue weighted by atomic mass is 16.5. The molecule has 0 saturated heterocycles. The minimum atomic E-state index is -0.130. The molecule has 0 aromatic heterocycles. The maximum Gasteiger partial charge on any atom is 0.224 e. The zero-order chi connectivity index (χ0) is 18.2. The van der Waals surface area contributed by atoms with Gasteiger partial charge in [-0.25, -0.2) is 0 Å². The summed E-state index contributed by atoms with van der Waals surface area (Å²) in [5.41, 5.74) is 1.90. The van der Waals surface area contributed by atoms with Gasteiger partial charge in [0.1, 0.15) is 5.75 Å². The molecule has 25 heavy (non-hydrogen) atoms. The van der Waals surface area contributed by atoms with Crippen LogP contribution in [0.2, 0.25) is 0 Å². The van der Waals surface area contributed by atoms with Crippen LogP contribution in [0.5, 0.6) is 17.2 Å². The van der Waals surface area contributed by atoms with Crippen LogP contribution in [-0.4, -0.2) is 26.7 Å². The van der Waals surface area contributed by atoms with E-state index >= 15 is 0 Å².